The van der Waals surface area contributed by atoms with Crippen molar-refractivity contribution in [1.29, 1.82) is 0 Å². The lowest BCUT2D eigenvalue weighted by Gasteiger charge is -2.15. The smallest absolute Gasteiger partial charge is 0.270 e. The van der Waals surface area contributed by atoms with Crippen LogP contribution in [0.3, 0.4) is 0 Å². The minimum atomic E-state index is -0.390. The van der Waals surface area contributed by atoms with E-state index >= 15 is 0 Å². The van der Waals surface area contributed by atoms with Gasteiger partial charge in [-0.05, 0) is 86.9 Å². The number of nitrogens with zero attached hydrogens (tertiary/aromatic N) is 1. The summed E-state index contributed by atoms with van der Waals surface area (Å²) in [7, 11) is 0. The predicted octanol–water partition coefficient (Wildman–Crippen LogP) is 6.57. The van der Waals surface area contributed by atoms with Crippen molar-refractivity contribution in [3.63, 3.8) is 0 Å². The molecule has 0 aromatic heterocycles. The van der Waals surface area contributed by atoms with Crippen molar-refractivity contribution in [2.45, 2.75) is 27.7 Å². The maximum Gasteiger partial charge on any atom is 0.270 e. The number of hydrogen-bond donors (Lipinski definition) is 1. The Kier molecular flexibility index (Phi) is 8.48. The van der Waals surface area contributed by atoms with Crippen molar-refractivity contribution >= 4 is 57.6 Å². The monoisotopic (exact) mass is 550 g/mol. The van der Waals surface area contributed by atoms with Crippen LogP contribution in [0.1, 0.15) is 29.2 Å². The molecule has 0 bridgehead atoms. The largest absolute Gasteiger partial charge is 0.490 e. The number of hydrogen-bond acceptors (Lipinski definition) is 6. The number of benzene rings is 3. The third-order valence-electron chi connectivity index (χ3n) is 5.74. The Labute approximate surface area is 230 Å². The van der Waals surface area contributed by atoms with E-state index in [1.54, 1.807) is 24.3 Å². The van der Waals surface area contributed by atoms with Crippen LogP contribution in [0.15, 0.2) is 59.5 Å². The molecule has 6 nitrogen and oxygen atoms in total. The molecule has 1 aliphatic heterocycles. The van der Waals surface area contributed by atoms with Gasteiger partial charge in [-0.1, -0.05) is 47.7 Å². The fourth-order valence-electron chi connectivity index (χ4n) is 4.13. The summed E-state index contributed by atoms with van der Waals surface area (Å²) in [6, 6.07) is 14.9. The molecule has 196 valence electrons. The van der Waals surface area contributed by atoms with Gasteiger partial charge in [0.05, 0.1) is 17.2 Å². The summed E-state index contributed by atoms with van der Waals surface area (Å²) >= 11 is 6.56. The molecule has 1 heterocycles. The number of aryl methyl sites for hydroxylation is 3. The summed E-state index contributed by atoms with van der Waals surface area (Å²) < 4.78 is 25.2. The van der Waals surface area contributed by atoms with E-state index < -0.39 is 5.82 Å². The highest BCUT2D eigenvalue weighted by atomic mass is 32.2. The van der Waals surface area contributed by atoms with E-state index in [-0.39, 0.29) is 18.4 Å². The van der Waals surface area contributed by atoms with E-state index in [4.69, 9.17) is 21.7 Å². The van der Waals surface area contributed by atoms with Gasteiger partial charge in [0, 0.05) is 5.69 Å². The number of carbonyl (C=O) groups excluding carboxylic acids is 2. The molecule has 2 amide bonds. The van der Waals surface area contributed by atoms with Crippen LogP contribution in [0.25, 0.3) is 6.08 Å². The number of carbonyl (C=O) groups is 2. The summed E-state index contributed by atoms with van der Waals surface area (Å²) in [5, 5.41) is 2.92. The van der Waals surface area contributed by atoms with Crippen LogP contribution in [0.5, 0.6) is 11.5 Å². The van der Waals surface area contributed by atoms with Gasteiger partial charge in [-0.3, -0.25) is 14.5 Å². The molecule has 0 radical (unpaired) electrons. The summed E-state index contributed by atoms with van der Waals surface area (Å²) in [5.74, 6) is -0.0984. The van der Waals surface area contributed by atoms with E-state index in [0.717, 1.165) is 22.4 Å². The van der Waals surface area contributed by atoms with Crippen molar-refractivity contribution in [1.82, 2.24) is 0 Å². The zero-order valence-corrected chi connectivity index (χ0v) is 23.1. The lowest BCUT2D eigenvalue weighted by Crippen LogP contribution is -2.27. The summed E-state index contributed by atoms with van der Waals surface area (Å²) in [6.07, 6.45) is 1.71. The minimum absolute atomic E-state index is 0.192. The van der Waals surface area contributed by atoms with E-state index in [9.17, 15) is 14.0 Å². The van der Waals surface area contributed by atoms with Gasteiger partial charge in [-0.2, -0.15) is 0 Å². The SMILES string of the molecule is CCOc1cc(/C=C2\SC(=S)N(c3ccc(F)cc3)C2=O)ccc1OCC(=O)Nc1c(C)cc(C)cc1C. The fraction of sp³-hybridized carbons (Fsp3) is 0.207. The van der Waals surface area contributed by atoms with Crippen LogP contribution in [0.4, 0.5) is 15.8 Å². The molecule has 0 atom stereocenters. The first-order valence-corrected chi connectivity index (χ1v) is 13.2. The van der Waals surface area contributed by atoms with Crippen molar-refractivity contribution in [2.24, 2.45) is 0 Å². The number of thioether (sulfide) groups is 1. The van der Waals surface area contributed by atoms with Crippen LogP contribution < -0.4 is 19.7 Å². The first-order valence-electron chi connectivity index (χ1n) is 12.0. The molecule has 0 unspecified atom stereocenters. The van der Waals surface area contributed by atoms with E-state index in [1.165, 1.54) is 40.9 Å². The average molecular weight is 551 g/mol. The van der Waals surface area contributed by atoms with E-state index in [2.05, 4.69) is 5.32 Å². The molecule has 0 saturated carbocycles. The predicted molar refractivity (Wildman–Crippen MR) is 154 cm³/mol. The number of thiocarbonyl (C=S) groups is 1. The zero-order valence-electron chi connectivity index (χ0n) is 21.5. The Bertz CT molecular complexity index is 1410. The van der Waals surface area contributed by atoms with Crippen molar-refractivity contribution in [3.8, 4) is 11.5 Å². The van der Waals surface area contributed by atoms with Crippen LogP contribution in [-0.2, 0) is 9.59 Å². The van der Waals surface area contributed by atoms with Gasteiger partial charge in [0.25, 0.3) is 11.8 Å². The number of rotatable bonds is 8. The van der Waals surface area contributed by atoms with Gasteiger partial charge in [-0.15, -0.1) is 0 Å². The van der Waals surface area contributed by atoms with Gasteiger partial charge in [0.2, 0.25) is 0 Å². The molecule has 1 saturated heterocycles. The lowest BCUT2D eigenvalue weighted by molar-refractivity contribution is -0.118. The molecule has 3 aromatic carbocycles. The first kappa shape index (κ1) is 27.3. The van der Waals surface area contributed by atoms with Crippen LogP contribution in [0.2, 0.25) is 0 Å². The van der Waals surface area contributed by atoms with Gasteiger partial charge < -0.3 is 14.8 Å². The topological polar surface area (TPSA) is 67.9 Å². The van der Waals surface area contributed by atoms with E-state index in [1.807, 2.05) is 39.8 Å². The molecule has 0 aliphatic carbocycles. The Morgan fingerprint density at radius 2 is 1.71 bits per heavy atom. The molecular weight excluding hydrogens is 523 g/mol. The van der Waals surface area contributed by atoms with Crippen LogP contribution >= 0.6 is 24.0 Å². The summed E-state index contributed by atoms with van der Waals surface area (Å²) in [5.41, 5.74) is 5.09. The zero-order chi connectivity index (χ0) is 27.4. The Morgan fingerprint density at radius 1 is 1.03 bits per heavy atom. The summed E-state index contributed by atoms with van der Waals surface area (Å²) in [4.78, 5) is 27.4. The number of ether oxygens (including phenoxy) is 2. The van der Waals surface area contributed by atoms with Gasteiger partial charge in [0.15, 0.2) is 22.4 Å². The van der Waals surface area contributed by atoms with Gasteiger partial charge in [0.1, 0.15) is 5.82 Å². The van der Waals surface area contributed by atoms with Gasteiger partial charge >= 0.3 is 0 Å². The minimum Gasteiger partial charge on any atom is -0.490 e. The Balaban J connectivity index is 1.48. The molecule has 1 fully saturated rings. The number of nitrogens with one attached hydrogen (secondary N) is 1. The number of amides is 2. The van der Waals surface area contributed by atoms with Crippen molar-refractivity contribution in [3.05, 3.63) is 87.6 Å². The van der Waals surface area contributed by atoms with Crippen molar-refractivity contribution in [2.75, 3.05) is 23.4 Å². The second-order valence-corrected chi connectivity index (χ2v) is 10.4. The molecular formula is C29H27FN2O4S2. The highest BCUT2D eigenvalue weighted by molar-refractivity contribution is 8.27. The molecule has 0 spiro atoms. The first-order chi connectivity index (χ1) is 18.2. The second-order valence-electron chi connectivity index (χ2n) is 8.74. The third kappa shape index (κ3) is 6.23. The summed E-state index contributed by atoms with van der Waals surface area (Å²) in [6.45, 7) is 7.97. The Morgan fingerprint density at radius 3 is 2.37 bits per heavy atom. The lowest BCUT2D eigenvalue weighted by atomic mass is 10.1. The average Bonchev–Trinajstić information content (AvgIpc) is 3.14. The maximum atomic E-state index is 13.3. The highest BCUT2D eigenvalue weighted by Crippen LogP contribution is 2.37. The van der Waals surface area contributed by atoms with Crippen LogP contribution in [-0.4, -0.2) is 29.3 Å². The molecule has 38 heavy (non-hydrogen) atoms. The highest BCUT2D eigenvalue weighted by Gasteiger charge is 2.33. The molecule has 4 rings (SSSR count). The number of halogens is 1. The third-order valence-corrected chi connectivity index (χ3v) is 7.05. The van der Waals surface area contributed by atoms with Crippen molar-refractivity contribution < 1.29 is 23.5 Å². The van der Waals surface area contributed by atoms with E-state index in [0.29, 0.717) is 38.6 Å². The molecule has 9 heteroatoms. The second kappa shape index (κ2) is 11.8. The maximum absolute atomic E-state index is 13.3. The van der Waals surface area contributed by atoms with Crippen LogP contribution in [0, 0.1) is 26.6 Å². The fourth-order valence-corrected chi connectivity index (χ4v) is 5.43. The number of anilines is 2. The normalized spacial score (nSPS) is 14.2. The molecule has 3 aromatic rings. The standard InChI is InChI=1S/C29H27FN2O4S2/c1-5-35-24-14-20(15-25-28(34)32(29(37)38-25)22-9-7-21(30)8-10-22)6-11-23(24)36-16-26(33)31-27-18(3)12-17(2)13-19(27)4/h6-15H,5,16H2,1-4H3,(H,31,33)/b25-15-. The quantitative estimate of drug-likeness (QED) is 0.253. The van der Waals surface area contributed by atoms with Gasteiger partial charge in [-0.25, -0.2) is 4.39 Å². The Hall–Kier alpha value is -3.69. The molecule has 1 aliphatic rings. The molecule has 1 N–H and O–H groups in total.